The van der Waals surface area contributed by atoms with Crippen molar-refractivity contribution in [1.82, 2.24) is 0 Å². The first-order chi connectivity index (χ1) is 8.00. The molecule has 6 heteroatoms. The molecule has 0 aromatic heterocycles. The Balaban J connectivity index is 3.06. The summed E-state index contributed by atoms with van der Waals surface area (Å²) in [7, 11) is -1.91. The molecule has 0 unspecified atom stereocenters. The van der Waals surface area contributed by atoms with Crippen molar-refractivity contribution in [3.8, 4) is 0 Å². The van der Waals surface area contributed by atoms with E-state index in [0.29, 0.717) is 10.5 Å². The third-order valence-corrected chi connectivity index (χ3v) is 4.28. The zero-order valence-corrected chi connectivity index (χ0v) is 15.6. The largest absolute Gasteiger partial charge is 0.378 e. The lowest BCUT2D eigenvalue weighted by Crippen LogP contribution is -2.42. The van der Waals surface area contributed by atoms with Crippen LogP contribution in [0, 0.1) is 0 Å². The lowest BCUT2D eigenvalue weighted by Gasteiger charge is -2.36. The fraction of sp³-hybridized carbons (Fsp3) is 0.455. The summed E-state index contributed by atoms with van der Waals surface area (Å²) in [5, 5.41) is 0. The predicted molar refractivity (Wildman–Crippen MR) is 79.1 cm³/mol. The lowest BCUT2D eigenvalue weighted by atomic mass is 10.2. The van der Waals surface area contributed by atoms with E-state index in [0.717, 1.165) is 5.56 Å². The minimum absolute atomic E-state index is 0.586. The fourth-order valence-corrected chi connectivity index (χ4v) is 4.38. The second-order valence-electron chi connectivity index (χ2n) is 4.46. The molecule has 0 amide bonds. The molecule has 0 spiro atoms. The van der Waals surface area contributed by atoms with E-state index in [-0.39, 0.29) is 0 Å². The third kappa shape index (κ3) is 4.16. The van der Waals surface area contributed by atoms with Gasteiger partial charge in [0.05, 0.1) is 0 Å². The number of hydrogen-bond donors (Lipinski definition) is 0. The molecule has 0 aliphatic rings. The molecule has 0 heterocycles. The van der Waals surface area contributed by atoms with Crippen molar-refractivity contribution in [1.29, 1.82) is 0 Å². The maximum absolute atomic E-state index is 6.05. The normalized spacial score (nSPS) is 12.6. The van der Waals surface area contributed by atoms with E-state index in [1.54, 1.807) is 0 Å². The van der Waals surface area contributed by atoms with Gasteiger partial charge >= 0.3 is 0 Å². The van der Waals surface area contributed by atoms with Gasteiger partial charge in [0.15, 0.2) is 28.6 Å². The molecule has 0 fully saturated rings. The van der Waals surface area contributed by atoms with Gasteiger partial charge in [-0.25, -0.2) is 0 Å². The number of benzene rings is 1. The van der Waals surface area contributed by atoms with Gasteiger partial charge < -0.3 is 13.3 Å². The molecule has 0 saturated heterocycles. The monoisotopic (exact) mass is 286 g/mol. The van der Waals surface area contributed by atoms with E-state index in [2.05, 4.69) is 26.2 Å². The van der Waals surface area contributed by atoms with Crippen LogP contribution in [0.3, 0.4) is 0 Å². The summed E-state index contributed by atoms with van der Waals surface area (Å²) in [5.74, 6) is -0.936. The van der Waals surface area contributed by atoms with Crippen molar-refractivity contribution in [2.24, 2.45) is 0 Å². The smallest absolute Gasteiger partial charge is 0.282 e. The maximum Gasteiger partial charge on any atom is 0.282 e. The van der Waals surface area contributed by atoms with Crippen LogP contribution in [0.5, 0.6) is 0 Å². The molecule has 3 nitrogen and oxygen atoms in total. The average molecular weight is 287 g/mol. The number of hydrogen-bond acceptors (Lipinski definition) is 3. The average Bonchev–Trinajstić information content (AvgIpc) is 2.28. The molecular formula is C11H22O3Si3. The molecule has 0 radical (unpaired) electrons. The Hall–Kier alpha value is -0.249. The minimum Gasteiger partial charge on any atom is -0.378 e. The highest BCUT2D eigenvalue weighted by molar-refractivity contribution is 6.49. The van der Waals surface area contributed by atoms with Gasteiger partial charge in [-0.1, -0.05) is 30.3 Å². The predicted octanol–water partition coefficient (Wildman–Crippen LogP) is 1.09. The molecule has 96 valence electrons. The molecule has 1 rings (SSSR count). The van der Waals surface area contributed by atoms with E-state index in [9.17, 15) is 0 Å². The molecule has 0 bridgehead atoms. The van der Waals surface area contributed by atoms with Gasteiger partial charge in [-0.2, -0.15) is 0 Å². The molecular weight excluding hydrogens is 264 g/mol. The second-order valence-corrected chi connectivity index (χ2v) is 9.53. The van der Waals surface area contributed by atoms with Crippen molar-refractivity contribution in [3.05, 3.63) is 35.9 Å². The van der Waals surface area contributed by atoms with Gasteiger partial charge in [0, 0.05) is 5.56 Å². The standard InChI is InChI=1S/C11H22O3Si3/c1-16(2)13-11(12-15,14-17(3)4)10-8-6-5-7-9-10/h5-9,16-17H,1-4,15H3. The first kappa shape index (κ1) is 14.8. The highest BCUT2D eigenvalue weighted by Gasteiger charge is 2.35. The number of rotatable bonds is 6. The molecule has 1 aromatic rings. The fourth-order valence-electron chi connectivity index (χ4n) is 1.64. The van der Waals surface area contributed by atoms with E-state index in [1.807, 2.05) is 30.3 Å². The van der Waals surface area contributed by atoms with Crippen LogP contribution in [0.2, 0.25) is 26.2 Å². The summed E-state index contributed by atoms with van der Waals surface area (Å²) in [4.78, 5) is 0. The quantitative estimate of drug-likeness (QED) is 0.579. The van der Waals surface area contributed by atoms with Crippen molar-refractivity contribution in [2.75, 3.05) is 0 Å². The zero-order valence-electron chi connectivity index (χ0n) is 11.3. The molecule has 1 aromatic carbocycles. The third-order valence-electron chi connectivity index (χ3n) is 2.18. The van der Waals surface area contributed by atoms with Crippen molar-refractivity contribution in [2.45, 2.75) is 32.2 Å². The minimum atomic E-state index is -1.25. The summed E-state index contributed by atoms with van der Waals surface area (Å²) in [5.41, 5.74) is 0.970. The van der Waals surface area contributed by atoms with Gasteiger partial charge in [0.25, 0.3) is 5.97 Å². The Morgan fingerprint density at radius 3 is 1.76 bits per heavy atom. The van der Waals surface area contributed by atoms with Crippen LogP contribution >= 0.6 is 0 Å². The van der Waals surface area contributed by atoms with Gasteiger partial charge in [-0.05, 0) is 26.2 Å². The molecule has 0 saturated carbocycles. The Kier molecular flexibility index (Phi) is 5.77. The first-order valence-electron chi connectivity index (χ1n) is 5.96. The van der Waals surface area contributed by atoms with E-state index in [4.69, 9.17) is 13.3 Å². The maximum atomic E-state index is 6.05. The highest BCUT2D eigenvalue weighted by atomic mass is 28.3. The van der Waals surface area contributed by atoms with E-state index in [1.165, 1.54) is 0 Å². The highest BCUT2D eigenvalue weighted by Crippen LogP contribution is 2.29. The summed E-state index contributed by atoms with van der Waals surface area (Å²) in [6.45, 7) is 8.51. The topological polar surface area (TPSA) is 27.7 Å². The van der Waals surface area contributed by atoms with Crippen LogP contribution in [0.25, 0.3) is 0 Å². The van der Waals surface area contributed by atoms with Gasteiger partial charge in [-0.3, -0.25) is 0 Å². The summed E-state index contributed by atoms with van der Waals surface area (Å²) >= 11 is 0. The van der Waals surface area contributed by atoms with Crippen LogP contribution in [0.1, 0.15) is 5.56 Å². The molecule has 0 atom stereocenters. The Bertz CT molecular complexity index is 320. The van der Waals surface area contributed by atoms with Crippen molar-refractivity contribution in [3.63, 3.8) is 0 Å². The summed E-state index contributed by atoms with van der Waals surface area (Å²) in [6.07, 6.45) is 0. The van der Waals surface area contributed by atoms with Crippen molar-refractivity contribution >= 4 is 28.6 Å². The van der Waals surface area contributed by atoms with Crippen LogP contribution in [-0.4, -0.2) is 28.6 Å². The Morgan fingerprint density at radius 1 is 0.941 bits per heavy atom. The van der Waals surface area contributed by atoms with E-state index >= 15 is 0 Å². The molecule has 0 N–H and O–H groups in total. The Morgan fingerprint density at radius 2 is 1.41 bits per heavy atom. The van der Waals surface area contributed by atoms with Gasteiger partial charge in [0.1, 0.15) is 0 Å². The molecule has 0 aliphatic carbocycles. The first-order valence-corrected chi connectivity index (χ1v) is 12.3. The zero-order chi connectivity index (χ0) is 12.9. The van der Waals surface area contributed by atoms with Crippen LogP contribution < -0.4 is 0 Å². The SMILES string of the molecule is C[SiH](C)OC(O[SiH3])(O[SiH](C)C)c1ccccc1. The second kappa shape index (κ2) is 6.62. The molecule has 17 heavy (non-hydrogen) atoms. The Labute approximate surface area is 110 Å². The summed E-state index contributed by atoms with van der Waals surface area (Å²) < 4.78 is 17.8. The van der Waals surface area contributed by atoms with Gasteiger partial charge in [0.2, 0.25) is 0 Å². The van der Waals surface area contributed by atoms with Gasteiger partial charge in [-0.15, -0.1) is 0 Å². The molecule has 0 aliphatic heterocycles. The lowest BCUT2D eigenvalue weighted by molar-refractivity contribution is -0.269. The van der Waals surface area contributed by atoms with Crippen LogP contribution in [0.4, 0.5) is 0 Å². The van der Waals surface area contributed by atoms with Crippen LogP contribution in [0.15, 0.2) is 30.3 Å². The van der Waals surface area contributed by atoms with Crippen LogP contribution in [-0.2, 0) is 19.3 Å². The summed E-state index contributed by atoms with van der Waals surface area (Å²) in [6, 6.07) is 9.97. The van der Waals surface area contributed by atoms with E-state index < -0.39 is 24.1 Å². The van der Waals surface area contributed by atoms with Crippen molar-refractivity contribution < 1.29 is 13.3 Å².